The molecule has 0 aromatic heterocycles. The number of halogens is 1. The van der Waals surface area contributed by atoms with Gasteiger partial charge in [0.25, 0.3) is 5.91 Å². The lowest BCUT2D eigenvalue weighted by molar-refractivity contribution is 0.102. The van der Waals surface area contributed by atoms with Crippen LogP contribution in [0.25, 0.3) is 0 Å². The lowest BCUT2D eigenvalue weighted by Crippen LogP contribution is -2.13. The van der Waals surface area contributed by atoms with Crippen molar-refractivity contribution in [2.45, 2.75) is 13.8 Å². The molecule has 2 aromatic carbocycles. The number of carbonyl (C=O) groups excluding carboxylic acids is 1. The number of benzene rings is 2. The Bertz CT molecular complexity index is 593. The second-order valence-corrected chi connectivity index (χ2v) is 5.11. The fourth-order valence-corrected chi connectivity index (χ4v) is 2.12. The Labute approximate surface area is 115 Å². The number of nitrogens with one attached hydrogen (secondary N) is 1. The van der Waals surface area contributed by atoms with Gasteiger partial charge in [0.1, 0.15) is 0 Å². The predicted octanol–water partition coefficient (Wildman–Crippen LogP) is 4.32. The van der Waals surface area contributed by atoms with Crippen LogP contribution in [0.2, 0.25) is 0 Å². The van der Waals surface area contributed by atoms with Gasteiger partial charge in [-0.05, 0) is 53.5 Å². The molecule has 0 atom stereocenters. The number of aryl methyl sites for hydroxylation is 2. The molecule has 3 heteroatoms. The lowest BCUT2D eigenvalue weighted by atomic mass is 10.1. The summed E-state index contributed by atoms with van der Waals surface area (Å²) in [7, 11) is 0. The number of anilines is 1. The van der Waals surface area contributed by atoms with Crippen LogP contribution in [-0.4, -0.2) is 5.91 Å². The molecule has 1 N–H and O–H groups in total. The SMILES string of the molecule is Cc1ccc(C)c(C(=O)Nc2ccccc2Br)c1. The third-order valence-corrected chi connectivity index (χ3v) is 3.45. The molecule has 2 aromatic rings. The smallest absolute Gasteiger partial charge is 0.255 e. The number of hydrogen-bond acceptors (Lipinski definition) is 1. The van der Waals surface area contributed by atoms with Crippen LogP contribution in [0.4, 0.5) is 5.69 Å². The molecule has 0 aliphatic heterocycles. The fraction of sp³-hybridized carbons (Fsp3) is 0.133. The summed E-state index contributed by atoms with van der Waals surface area (Å²) < 4.78 is 0.878. The van der Waals surface area contributed by atoms with Gasteiger partial charge in [-0.3, -0.25) is 4.79 Å². The van der Waals surface area contributed by atoms with E-state index in [0.717, 1.165) is 21.3 Å². The summed E-state index contributed by atoms with van der Waals surface area (Å²) in [5.74, 6) is -0.0805. The Morgan fingerprint density at radius 2 is 1.83 bits per heavy atom. The molecule has 0 spiro atoms. The Kier molecular flexibility index (Phi) is 3.82. The van der Waals surface area contributed by atoms with Crippen LogP contribution < -0.4 is 5.32 Å². The minimum Gasteiger partial charge on any atom is -0.321 e. The monoisotopic (exact) mass is 303 g/mol. The zero-order chi connectivity index (χ0) is 13.1. The highest BCUT2D eigenvalue weighted by Crippen LogP contribution is 2.22. The summed E-state index contributed by atoms with van der Waals surface area (Å²) in [6.07, 6.45) is 0. The number of carbonyl (C=O) groups is 1. The topological polar surface area (TPSA) is 29.1 Å². The van der Waals surface area contributed by atoms with Crippen molar-refractivity contribution >= 4 is 27.5 Å². The molecular formula is C15H14BrNO. The number of rotatable bonds is 2. The Hall–Kier alpha value is -1.61. The summed E-state index contributed by atoms with van der Waals surface area (Å²) in [5, 5.41) is 2.91. The number of para-hydroxylation sites is 1. The Morgan fingerprint density at radius 1 is 1.11 bits per heavy atom. The van der Waals surface area contributed by atoms with Gasteiger partial charge >= 0.3 is 0 Å². The van der Waals surface area contributed by atoms with Crippen molar-refractivity contribution in [3.63, 3.8) is 0 Å². The van der Waals surface area contributed by atoms with E-state index in [2.05, 4.69) is 21.2 Å². The first kappa shape index (κ1) is 12.8. The van der Waals surface area contributed by atoms with E-state index in [1.54, 1.807) is 0 Å². The van der Waals surface area contributed by atoms with Gasteiger partial charge in [0.15, 0.2) is 0 Å². The molecule has 0 aliphatic carbocycles. The molecule has 0 aliphatic rings. The van der Waals surface area contributed by atoms with Crippen molar-refractivity contribution < 1.29 is 4.79 Å². The quantitative estimate of drug-likeness (QED) is 0.879. The van der Waals surface area contributed by atoms with Gasteiger partial charge in [-0.2, -0.15) is 0 Å². The van der Waals surface area contributed by atoms with E-state index in [1.165, 1.54) is 0 Å². The second kappa shape index (κ2) is 5.36. The van der Waals surface area contributed by atoms with E-state index >= 15 is 0 Å². The van der Waals surface area contributed by atoms with E-state index in [4.69, 9.17) is 0 Å². The average molecular weight is 304 g/mol. The van der Waals surface area contributed by atoms with Crippen molar-refractivity contribution in [2.75, 3.05) is 5.32 Å². The van der Waals surface area contributed by atoms with Gasteiger partial charge in [0.05, 0.1) is 5.69 Å². The highest BCUT2D eigenvalue weighted by atomic mass is 79.9. The molecule has 2 rings (SSSR count). The maximum atomic E-state index is 12.2. The number of hydrogen-bond donors (Lipinski definition) is 1. The maximum Gasteiger partial charge on any atom is 0.255 e. The van der Waals surface area contributed by atoms with Crippen LogP contribution in [0.5, 0.6) is 0 Å². The van der Waals surface area contributed by atoms with Crippen LogP contribution in [-0.2, 0) is 0 Å². The highest BCUT2D eigenvalue weighted by Gasteiger charge is 2.10. The second-order valence-electron chi connectivity index (χ2n) is 4.25. The van der Waals surface area contributed by atoms with Crippen molar-refractivity contribution in [1.29, 1.82) is 0 Å². The van der Waals surface area contributed by atoms with Gasteiger partial charge in [0.2, 0.25) is 0 Å². The molecule has 92 valence electrons. The molecular weight excluding hydrogens is 290 g/mol. The molecule has 1 amide bonds. The molecule has 0 saturated heterocycles. The molecule has 0 radical (unpaired) electrons. The molecule has 0 heterocycles. The Balaban J connectivity index is 2.28. The van der Waals surface area contributed by atoms with E-state index in [-0.39, 0.29) is 5.91 Å². The fourth-order valence-electron chi connectivity index (χ4n) is 1.73. The van der Waals surface area contributed by atoms with E-state index in [9.17, 15) is 4.79 Å². The van der Waals surface area contributed by atoms with Crippen LogP contribution in [0.1, 0.15) is 21.5 Å². The van der Waals surface area contributed by atoms with Gasteiger partial charge in [-0.15, -0.1) is 0 Å². The average Bonchev–Trinajstić information content (AvgIpc) is 2.35. The summed E-state index contributed by atoms with van der Waals surface area (Å²) >= 11 is 3.42. The summed E-state index contributed by atoms with van der Waals surface area (Å²) in [5.41, 5.74) is 3.55. The predicted molar refractivity (Wildman–Crippen MR) is 78.0 cm³/mol. The van der Waals surface area contributed by atoms with Gasteiger partial charge in [0, 0.05) is 10.0 Å². The molecule has 0 unspecified atom stereocenters. The first-order chi connectivity index (χ1) is 8.58. The third-order valence-electron chi connectivity index (χ3n) is 2.76. The van der Waals surface area contributed by atoms with Crippen molar-refractivity contribution in [1.82, 2.24) is 0 Å². The van der Waals surface area contributed by atoms with Crippen LogP contribution in [0.3, 0.4) is 0 Å². The standard InChI is InChI=1S/C15H14BrNO/c1-10-7-8-11(2)12(9-10)15(18)17-14-6-4-3-5-13(14)16/h3-9H,1-2H3,(H,17,18). The third kappa shape index (κ3) is 2.79. The summed E-state index contributed by atoms with van der Waals surface area (Å²) in [6, 6.07) is 13.4. The molecule has 0 bridgehead atoms. The largest absolute Gasteiger partial charge is 0.321 e. The molecule has 0 saturated carbocycles. The van der Waals surface area contributed by atoms with E-state index in [0.29, 0.717) is 5.56 Å². The van der Waals surface area contributed by atoms with Gasteiger partial charge in [-0.1, -0.05) is 29.8 Å². The summed E-state index contributed by atoms with van der Waals surface area (Å²) in [6.45, 7) is 3.92. The minimum atomic E-state index is -0.0805. The van der Waals surface area contributed by atoms with E-state index < -0.39 is 0 Å². The number of amides is 1. The lowest BCUT2D eigenvalue weighted by Gasteiger charge is -2.09. The first-order valence-electron chi connectivity index (χ1n) is 5.71. The molecule has 2 nitrogen and oxygen atoms in total. The van der Waals surface area contributed by atoms with Gasteiger partial charge < -0.3 is 5.32 Å². The van der Waals surface area contributed by atoms with Crippen LogP contribution in [0, 0.1) is 13.8 Å². The zero-order valence-corrected chi connectivity index (χ0v) is 11.9. The molecule has 0 fully saturated rings. The van der Waals surface area contributed by atoms with Crippen LogP contribution in [0.15, 0.2) is 46.9 Å². The van der Waals surface area contributed by atoms with Crippen molar-refractivity contribution in [3.05, 3.63) is 63.6 Å². The maximum absolute atomic E-state index is 12.2. The van der Waals surface area contributed by atoms with Gasteiger partial charge in [-0.25, -0.2) is 0 Å². The minimum absolute atomic E-state index is 0.0805. The van der Waals surface area contributed by atoms with Crippen molar-refractivity contribution in [2.24, 2.45) is 0 Å². The summed E-state index contributed by atoms with van der Waals surface area (Å²) in [4.78, 5) is 12.2. The van der Waals surface area contributed by atoms with E-state index in [1.807, 2.05) is 56.3 Å². The molecule has 18 heavy (non-hydrogen) atoms. The normalized spacial score (nSPS) is 10.2. The van der Waals surface area contributed by atoms with Crippen molar-refractivity contribution in [3.8, 4) is 0 Å². The highest BCUT2D eigenvalue weighted by molar-refractivity contribution is 9.10. The Morgan fingerprint density at radius 3 is 2.56 bits per heavy atom. The van der Waals surface area contributed by atoms with Crippen LogP contribution >= 0.6 is 15.9 Å². The zero-order valence-electron chi connectivity index (χ0n) is 10.3. The first-order valence-corrected chi connectivity index (χ1v) is 6.50.